The summed E-state index contributed by atoms with van der Waals surface area (Å²) in [6.07, 6.45) is 4.64. The lowest BCUT2D eigenvalue weighted by atomic mass is 9.74. The zero-order valence-corrected chi connectivity index (χ0v) is 16.7. The van der Waals surface area contributed by atoms with Crippen LogP contribution in [-0.2, 0) is 5.41 Å². The largest absolute Gasteiger partial charge is 0.349 e. The van der Waals surface area contributed by atoms with E-state index in [2.05, 4.69) is 108 Å². The number of fused-ring (bicyclic) bond motifs is 3. The molecule has 0 spiro atoms. The number of hydrogen-bond donors (Lipinski definition) is 1. The Bertz CT molecular complexity index is 809. The average molecular weight is 397 g/mol. The molecule has 1 fully saturated rings. The number of benzene rings is 2. The van der Waals surface area contributed by atoms with Gasteiger partial charge >= 0.3 is 0 Å². The van der Waals surface area contributed by atoms with Crippen molar-refractivity contribution in [1.82, 2.24) is 5.32 Å². The van der Waals surface area contributed by atoms with E-state index in [1.807, 2.05) is 0 Å². The Labute approximate surface area is 159 Å². The SMILES string of the molecule is CC1CNC2(C=Cc3ccc(Br)cc3)N(C1)c1ccccc1C2(C)C. The highest BCUT2D eigenvalue weighted by atomic mass is 79.9. The lowest BCUT2D eigenvalue weighted by Crippen LogP contribution is -2.68. The molecule has 130 valence electrons. The zero-order chi connectivity index (χ0) is 17.7. The van der Waals surface area contributed by atoms with Crippen molar-refractivity contribution in [1.29, 1.82) is 0 Å². The zero-order valence-electron chi connectivity index (χ0n) is 15.1. The first-order chi connectivity index (χ1) is 11.9. The van der Waals surface area contributed by atoms with Gasteiger partial charge < -0.3 is 4.90 Å². The maximum atomic E-state index is 3.89. The number of nitrogens with one attached hydrogen (secondary N) is 1. The molecule has 0 bridgehead atoms. The van der Waals surface area contributed by atoms with Crippen molar-refractivity contribution < 1.29 is 0 Å². The highest BCUT2D eigenvalue weighted by Crippen LogP contribution is 2.52. The van der Waals surface area contributed by atoms with Gasteiger partial charge in [0.2, 0.25) is 0 Å². The molecule has 0 radical (unpaired) electrons. The summed E-state index contributed by atoms with van der Waals surface area (Å²) in [6, 6.07) is 17.4. The van der Waals surface area contributed by atoms with E-state index in [0.717, 1.165) is 17.6 Å². The van der Waals surface area contributed by atoms with Crippen molar-refractivity contribution in [2.24, 2.45) is 5.92 Å². The quantitative estimate of drug-likeness (QED) is 0.750. The molecule has 1 saturated heterocycles. The number of rotatable bonds is 2. The van der Waals surface area contributed by atoms with Gasteiger partial charge in [-0.3, -0.25) is 5.32 Å². The third kappa shape index (κ3) is 2.56. The normalized spacial score (nSPS) is 27.4. The monoisotopic (exact) mass is 396 g/mol. The van der Waals surface area contributed by atoms with Gasteiger partial charge in [0, 0.05) is 28.7 Å². The van der Waals surface area contributed by atoms with E-state index < -0.39 is 0 Å². The van der Waals surface area contributed by atoms with Gasteiger partial charge in [0.25, 0.3) is 0 Å². The van der Waals surface area contributed by atoms with Gasteiger partial charge in [-0.05, 0) is 41.3 Å². The Morgan fingerprint density at radius 3 is 2.60 bits per heavy atom. The molecule has 4 rings (SSSR count). The van der Waals surface area contributed by atoms with Crippen LogP contribution < -0.4 is 10.2 Å². The van der Waals surface area contributed by atoms with Gasteiger partial charge in [-0.15, -0.1) is 0 Å². The van der Waals surface area contributed by atoms with E-state index in [1.165, 1.54) is 16.8 Å². The lowest BCUT2D eigenvalue weighted by Gasteiger charge is -2.51. The number of hydrogen-bond acceptors (Lipinski definition) is 2. The highest BCUT2D eigenvalue weighted by Gasteiger charge is 2.56. The van der Waals surface area contributed by atoms with Crippen LogP contribution in [0, 0.1) is 5.92 Å². The number of halogens is 1. The molecular formula is C22H25BrN2. The minimum atomic E-state index is -0.184. The maximum Gasteiger partial charge on any atom is 0.120 e. The summed E-state index contributed by atoms with van der Waals surface area (Å²) in [6.45, 7) is 9.17. The van der Waals surface area contributed by atoms with Crippen LogP contribution in [0.2, 0.25) is 0 Å². The summed E-state index contributed by atoms with van der Waals surface area (Å²) in [4.78, 5) is 2.58. The van der Waals surface area contributed by atoms with Gasteiger partial charge in [-0.25, -0.2) is 0 Å². The topological polar surface area (TPSA) is 15.3 Å². The first-order valence-electron chi connectivity index (χ1n) is 9.01. The molecule has 2 unspecified atom stereocenters. The Hall–Kier alpha value is -1.58. The molecule has 2 nitrogen and oxygen atoms in total. The van der Waals surface area contributed by atoms with E-state index >= 15 is 0 Å². The summed E-state index contributed by atoms with van der Waals surface area (Å²) in [7, 11) is 0. The molecule has 2 aliphatic rings. The first-order valence-corrected chi connectivity index (χ1v) is 9.80. The predicted octanol–water partition coefficient (Wildman–Crippen LogP) is 5.20. The standard InChI is InChI=1S/C22H25BrN2/c1-16-14-24-22(13-12-17-8-10-18(23)11-9-17)21(2,3)19-6-4-5-7-20(19)25(22)15-16/h4-13,16,24H,14-15H2,1-3H3. The fourth-order valence-electron chi connectivity index (χ4n) is 4.38. The molecule has 2 heterocycles. The van der Waals surface area contributed by atoms with Gasteiger partial charge in [-0.2, -0.15) is 0 Å². The second-order valence-corrected chi connectivity index (χ2v) is 8.81. The minimum absolute atomic E-state index is 0.00437. The van der Waals surface area contributed by atoms with Crippen LogP contribution in [0.1, 0.15) is 31.9 Å². The third-order valence-electron chi connectivity index (χ3n) is 5.85. The van der Waals surface area contributed by atoms with Crippen molar-refractivity contribution in [3.8, 4) is 0 Å². The van der Waals surface area contributed by atoms with Gasteiger partial charge in [0.05, 0.1) is 0 Å². The Kier molecular flexibility index (Phi) is 4.04. The number of para-hydroxylation sites is 1. The molecule has 3 heteroatoms. The fourth-order valence-corrected chi connectivity index (χ4v) is 4.65. The first kappa shape index (κ1) is 16.9. The van der Waals surface area contributed by atoms with Gasteiger partial charge in [-0.1, -0.05) is 73.1 Å². The molecule has 2 atom stereocenters. The number of anilines is 1. The second kappa shape index (κ2) is 6.00. The van der Waals surface area contributed by atoms with Gasteiger partial charge in [0.15, 0.2) is 0 Å². The summed E-state index contributed by atoms with van der Waals surface area (Å²) in [5, 5.41) is 3.89. The van der Waals surface area contributed by atoms with Crippen molar-refractivity contribution in [3.05, 3.63) is 70.2 Å². The molecule has 0 amide bonds. The van der Waals surface area contributed by atoms with Crippen LogP contribution >= 0.6 is 15.9 Å². The van der Waals surface area contributed by atoms with E-state index in [9.17, 15) is 0 Å². The molecule has 2 aromatic rings. The molecule has 0 aromatic heterocycles. The van der Waals surface area contributed by atoms with Crippen molar-refractivity contribution in [2.45, 2.75) is 31.8 Å². The van der Waals surface area contributed by atoms with E-state index in [-0.39, 0.29) is 11.1 Å². The summed E-state index contributed by atoms with van der Waals surface area (Å²) < 4.78 is 1.11. The van der Waals surface area contributed by atoms with E-state index in [0.29, 0.717) is 5.92 Å². The Morgan fingerprint density at radius 2 is 1.84 bits per heavy atom. The predicted molar refractivity (Wildman–Crippen MR) is 110 cm³/mol. The average Bonchev–Trinajstić information content (AvgIpc) is 2.80. The Morgan fingerprint density at radius 1 is 1.12 bits per heavy atom. The number of nitrogens with zero attached hydrogens (tertiary/aromatic N) is 1. The molecule has 2 aromatic carbocycles. The molecule has 25 heavy (non-hydrogen) atoms. The minimum Gasteiger partial charge on any atom is -0.349 e. The second-order valence-electron chi connectivity index (χ2n) is 7.89. The van der Waals surface area contributed by atoms with E-state index in [4.69, 9.17) is 0 Å². The van der Waals surface area contributed by atoms with Crippen LogP contribution in [0.5, 0.6) is 0 Å². The third-order valence-corrected chi connectivity index (χ3v) is 6.38. The van der Waals surface area contributed by atoms with Crippen LogP contribution in [-0.4, -0.2) is 18.8 Å². The van der Waals surface area contributed by atoms with E-state index in [1.54, 1.807) is 0 Å². The molecule has 1 N–H and O–H groups in total. The maximum absolute atomic E-state index is 3.89. The molecular weight excluding hydrogens is 372 g/mol. The van der Waals surface area contributed by atoms with Crippen LogP contribution in [0.4, 0.5) is 5.69 Å². The van der Waals surface area contributed by atoms with Crippen molar-refractivity contribution in [3.63, 3.8) is 0 Å². The van der Waals surface area contributed by atoms with Crippen LogP contribution in [0.25, 0.3) is 6.08 Å². The molecule has 0 saturated carbocycles. The highest BCUT2D eigenvalue weighted by molar-refractivity contribution is 9.10. The lowest BCUT2D eigenvalue weighted by molar-refractivity contribution is 0.213. The molecule has 2 aliphatic heterocycles. The van der Waals surface area contributed by atoms with Crippen molar-refractivity contribution >= 4 is 27.7 Å². The summed E-state index contributed by atoms with van der Waals surface area (Å²) >= 11 is 3.52. The fraction of sp³-hybridized carbons (Fsp3) is 0.364. The Balaban J connectivity index is 1.81. The summed E-state index contributed by atoms with van der Waals surface area (Å²) in [5.41, 5.74) is 3.83. The van der Waals surface area contributed by atoms with Crippen molar-refractivity contribution in [2.75, 3.05) is 18.0 Å². The van der Waals surface area contributed by atoms with Crippen LogP contribution in [0.15, 0.2) is 59.1 Å². The van der Waals surface area contributed by atoms with Crippen LogP contribution in [0.3, 0.4) is 0 Å². The summed E-state index contributed by atoms with van der Waals surface area (Å²) in [5.74, 6) is 0.635. The van der Waals surface area contributed by atoms with Gasteiger partial charge in [0.1, 0.15) is 5.66 Å². The molecule has 0 aliphatic carbocycles. The smallest absolute Gasteiger partial charge is 0.120 e.